The molecule has 0 unspecified atom stereocenters. The van der Waals surface area contributed by atoms with E-state index < -0.39 is 11.3 Å². The van der Waals surface area contributed by atoms with Crippen molar-refractivity contribution < 1.29 is 9.53 Å². The molecule has 24 heavy (non-hydrogen) atoms. The summed E-state index contributed by atoms with van der Waals surface area (Å²) >= 11 is 0. The molecule has 1 heterocycles. The number of benzene rings is 1. The molecule has 0 aliphatic carbocycles. The van der Waals surface area contributed by atoms with Crippen LogP contribution in [0.1, 0.15) is 32.8 Å². The molecule has 1 aliphatic rings. The molecular weight excluding hydrogens is 300 g/mol. The Bertz CT molecular complexity index is 595. The molecule has 1 fully saturated rings. The maximum Gasteiger partial charge on any atom is 0.323 e. The normalized spacial score (nSPS) is 28.8. The first-order valence-electron chi connectivity index (χ1n) is 8.75. The van der Waals surface area contributed by atoms with Gasteiger partial charge in [-0.3, -0.25) is 4.79 Å². The molecule has 0 saturated carbocycles. The smallest absolute Gasteiger partial charge is 0.323 e. The third kappa shape index (κ3) is 3.62. The van der Waals surface area contributed by atoms with Gasteiger partial charge in [-0.1, -0.05) is 37.3 Å². The molecule has 0 aromatic heterocycles. The van der Waals surface area contributed by atoms with Crippen LogP contribution in [0.2, 0.25) is 0 Å². The Balaban J connectivity index is 2.44. The number of likely N-dealkylation sites (tertiary alicyclic amines) is 1. The Morgan fingerprint density at radius 3 is 2.67 bits per heavy atom. The lowest BCUT2D eigenvalue weighted by Crippen LogP contribution is -2.55. The highest BCUT2D eigenvalue weighted by Crippen LogP contribution is 2.47. The summed E-state index contributed by atoms with van der Waals surface area (Å²) in [6, 6.07) is 12.8. The molecular formula is C20H28N2O2. The van der Waals surface area contributed by atoms with Crippen LogP contribution >= 0.6 is 0 Å². The second kappa shape index (κ2) is 7.81. The van der Waals surface area contributed by atoms with Crippen LogP contribution in [0.4, 0.5) is 0 Å². The summed E-state index contributed by atoms with van der Waals surface area (Å²) in [6.45, 7) is 7.31. The fraction of sp³-hybridized carbons (Fsp3) is 0.600. The number of hydrogen-bond acceptors (Lipinski definition) is 4. The first-order valence-corrected chi connectivity index (χ1v) is 8.75. The van der Waals surface area contributed by atoms with Crippen molar-refractivity contribution in [1.29, 1.82) is 5.26 Å². The average Bonchev–Trinajstić information content (AvgIpc) is 2.55. The number of piperidine rings is 1. The van der Waals surface area contributed by atoms with Gasteiger partial charge in [0.2, 0.25) is 0 Å². The summed E-state index contributed by atoms with van der Waals surface area (Å²) < 4.78 is 5.25. The number of ether oxygens (including phenoxy) is 1. The Labute approximate surface area is 145 Å². The Kier molecular flexibility index (Phi) is 6.01. The molecule has 0 radical (unpaired) electrons. The molecule has 1 aromatic carbocycles. The van der Waals surface area contributed by atoms with Crippen molar-refractivity contribution in [2.75, 3.05) is 20.2 Å². The summed E-state index contributed by atoms with van der Waals surface area (Å²) in [5, 5.41) is 9.82. The molecule has 0 spiro atoms. The quantitative estimate of drug-likeness (QED) is 0.778. The van der Waals surface area contributed by atoms with Crippen LogP contribution in [0.25, 0.3) is 0 Å². The van der Waals surface area contributed by atoms with Gasteiger partial charge in [0.25, 0.3) is 0 Å². The van der Waals surface area contributed by atoms with Gasteiger partial charge < -0.3 is 9.64 Å². The number of carbonyl (C=O) groups excluding carboxylic acids is 1. The van der Waals surface area contributed by atoms with Crippen molar-refractivity contribution >= 4 is 5.97 Å². The highest BCUT2D eigenvalue weighted by atomic mass is 16.5. The summed E-state index contributed by atoms with van der Waals surface area (Å²) in [7, 11) is 2.11. The predicted octanol–water partition coefficient (Wildman–Crippen LogP) is 3.28. The van der Waals surface area contributed by atoms with Crippen LogP contribution in [-0.2, 0) is 16.0 Å². The van der Waals surface area contributed by atoms with E-state index in [9.17, 15) is 10.1 Å². The van der Waals surface area contributed by atoms with Crippen molar-refractivity contribution in [2.45, 2.75) is 39.7 Å². The Morgan fingerprint density at radius 1 is 1.42 bits per heavy atom. The maximum absolute atomic E-state index is 12.5. The van der Waals surface area contributed by atoms with Crippen molar-refractivity contribution in [3.63, 3.8) is 0 Å². The predicted molar refractivity (Wildman–Crippen MR) is 94.2 cm³/mol. The number of nitrogens with zero attached hydrogens (tertiary/aromatic N) is 2. The highest BCUT2D eigenvalue weighted by Gasteiger charge is 2.51. The molecule has 0 amide bonds. The number of nitriles is 1. The van der Waals surface area contributed by atoms with Crippen LogP contribution in [-0.4, -0.2) is 37.1 Å². The molecule has 0 bridgehead atoms. The van der Waals surface area contributed by atoms with Crippen LogP contribution in [0.15, 0.2) is 30.3 Å². The van der Waals surface area contributed by atoms with Gasteiger partial charge in [-0.05, 0) is 45.2 Å². The lowest BCUT2D eigenvalue weighted by molar-refractivity contribution is -0.154. The van der Waals surface area contributed by atoms with Gasteiger partial charge in [-0.2, -0.15) is 5.26 Å². The third-order valence-corrected chi connectivity index (χ3v) is 5.57. The average molecular weight is 328 g/mol. The third-order valence-electron chi connectivity index (χ3n) is 5.57. The fourth-order valence-electron chi connectivity index (χ4n) is 4.07. The van der Waals surface area contributed by atoms with Gasteiger partial charge in [-0.25, -0.2) is 0 Å². The standard InChI is InChI=1S/C20H28N2O2/c1-5-24-19(23)18(13-21)20(12-17-9-7-6-8-10-17)11-16(3)22(4)14-15(20)2/h6-10,15-16,18H,5,11-12,14H2,1-4H3/t15-,16-,18+,20-/m0/s1. The van der Waals surface area contributed by atoms with E-state index >= 15 is 0 Å². The Hall–Kier alpha value is -1.86. The van der Waals surface area contributed by atoms with Crippen molar-refractivity contribution in [3.8, 4) is 6.07 Å². The van der Waals surface area contributed by atoms with E-state index in [1.54, 1.807) is 6.92 Å². The fourth-order valence-corrected chi connectivity index (χ4v) is 4.07. The van der Waals surface area contributed by atoms with E-state index in [1.807, 2.05) is 18.2 Å². The lowest BCUT2D eigenvalue weighted by Gasteiger charge is -2.50. The summed E-state index contributed by atoms with van der Waals surface area (Å²) in [4.78, 5) is 14.9. The van der Waals surface area contributed by atoms with Gasteiger partial charge in [-0.15, -0.1) is 0 Å². The van der Waals surface area contributed by atoms with Crippen LogP contribution in [0.5, 0.6) is 0 Å². The molecule has 1 saturated heterocycles. The first kappa shape index (κ1) is 18.5. The van der Waals surface area contributed by atoms with Crippen molar-refractivity contribution in [2.24, 2.45) is 17.3 Å². The monoisotopic (exact) mass is 328 g/mol. The maximum atomic E-state index is 12.5. The minimum Gasteiger partial charge on any atom is -0.465 e. The molecule has 1 aliphatic heterocycles. The van der Waals surface area contributed by atoms with E-state index in [1.165, 1.54) is 5.56 Å². The summed E-state index contributed by atoms with van der Waals surface area (Å²) in [6.07, 6.45) is 1.54. The minimum atomic E-state index is -0.733. The highest BCUT2D eigenvalue weighted by molar-refractivity contribution is 5.76. The zero-order valence-corrected chi connectivity index (χ0v) is 15.2. The molecule has 4 atom stereocenters. The van der Waals surface area contributed by atoms with Crippen molar-refractivity contribution in [1.82, 2.24) is 4.90 Å². The van der Waals surface area contributed by atoms with Crippen LogP contribution in [0, 0.1) is 28.6 Å². The lowest BCUT2D eigenvalue weighted by atomic mass is 9.59. The van der Waals surface area contributed by atoms with E-state index in [-0.39, 0.29) is 11.9 Å². The number of hydrogen-bond donors (Lipinski definition) is 0. The molecule has 4 nitrogen and oxygen atoms in total. The summed E-state index contributed by atoms with van der Waals surface area (Å²) in [5.74, 6) is -0.878. The number of rotatable bonds is 5. The van der Waals surface area contributed by atoms with Gasteiger partial charge in [0.05, 0.1) is 12.7 Å². The topological polar surface area (TPSA) is 53.3 Å². The second-order valence-electron chi connectivity index (χ2n) is 7.10. The molecule has 1 aromatic rings. The molecule has 4 heteroatoms. The van der Waals surface area contributed by atoms with Gasteiger partial charge in [0.1, 0.15) is 5.92 Å². The largest absolute Gasteiger partial charge is 0.465 e. The van der Waals surface area contributed by atoms with Crippen LogP contribution in [0.3, 0.4) is 0 Å². The zero-order valence-electron chi connectivity index (χ0n) is 15.2. The van der Waals surface area contributed by atoms with Gasteiger partial charge in [0.15, 0.2) is 0 Å². The van der Waals surface area contributed by atoms with Crippen molar-refractivity contribution in [3.05, 3.63) is 35.9 Å². The van der Waals surface area contributed by atoms with Gasteiger partial charge >= 0.3 is 5.97 Å². The second-order valence-corrected chi connectivity index (χ2v) is 7.10. The van der Waals surface area contributed by atoms with E-state index in [0.717, 1.165) is 19.4 Å². The number of esters is 1. The molecule has 0 N–H and O–H groups in total. The van der Waals surface area contributed by atoms with Crippen LogP contribution < -0.4 is 0 Å². The zero-order chi connectivity index (χ0) is 17.7. The SMILES string of the molecule is CCOC(=O)[C@@H](C#N)[C@]1(Cc2ccccc2)C[C@H](C)N(C)C[C@@H]1C. The van der Waals surface area contributed by atoms with E-state index in [4.69, 9.17) is 4.74 Å². The van der Waals surface area contributed by atoms with E-state index in [2.05, 4.69) is 44.0 Å². The van der Waals surface area contributed by atoms with E-state index in [0.29, 0.717) is 12.6 Å². The molecule has 130 valence electrons. The molecule has 2 rings (SSSR count). The first-order chi connectivity index (χ1) is 11.4. The summed E-state index contributed by atoms with van der Waals surface area (Å²) in [5.41, 5.74) is 0.777. The Morgan fingerprint density at radius 2 is 2.08 bits per heavy atom. The minimum absolute atomic E-state index is 0.230. The van der Waals surface area contributed by atoms with Gasteiger partial charge in [0, 0.05) is 18.0 Å². The number of carbonyl (C=O) groups is 1.